The molecule has 3 aromatic rings. The van der Waals surface area contributed by atoms with Gasteiger partial charge in [-0.15, -0.1) is 0 Å². The number of rotatable bonds is 8. The van der Waals surface area contributed by atoms with Gasteiger partial charge in [-0.1, -0.05) is 48.5 Å². The fourth-order valence-electron chi connectivity index (χ4n) is 3.80. The Kier molecular flexibility index (Phi) is 6.96. The number of aromatic nitrogens is 1. The van der Waals surface area contributed by atoms with E-state index in [4.69, 9.17) is 4.74 Å². The van der Waals surface area contributed by atoms with Gasteiger partial charge in [-0.25, -0.2) is 13.1 Å². The van der Waals surface area contributed by atoms with Crippen LogP contribution in [0.2, 0.25) is 0 Å². The third kappa shape index (κ3) is 5.70. The normalized spacial score (nSPS) is 15.6. The van der Waals surface area contributed by atoms with Gasteiger partial charge in [0.1, 0.15) is 17.3 Å². The molecule has 1 fully saturated rings. The standard InChI is InChI=1S/C24H27N3O3S/c28-31(29,22-9-6-14-25-19-22)26-21-12-15-27(16-13-21)17-18-30-24-11-5-4-10-23(24)20-7-2-1-3-8-20/h1-11,14,19,21,26H,12-13,15-18H2. The van der Waals surface area contributed by atoms with Gasteiger partial charge in [0.2, 0.25) is 10.0 Å². The first-order valence-corrected chi connectivity index (χ1v) is 12.0. The van der Waals surface area contributed by atoms with E-state index < -0.39 is 10.0 Å². The third-order valence-corrected chi connectivity index (χ3v) is 7.00. The van der Waals surface area contributed by atoms with E-state index in [1.165, 1.54) is 6.20 Å². The van der Waals surface area contributed by atoms with Crippen LogP contribution >= 0.6 is 0 Å². The Bertz CT molecular complexity index is 1070. The van der Waals surface area contributed by atoms with Crippen molar-refractivity contribution in [2.24, 2.45) is 0 Å². The first-order chi connectivity index (χ1) is 15.1. The van der Waals surface area contributed by atoms with Gasteiger partial charge in [-0.05, 0) is 49.7 Å². The molecule has 31 heavy (non-hydrogen) atoms. The van der Waals surface area contributed by atoms with Crippen molar-refractivity contribution in [2.75, 3.05) is 26.2 Å². The van der Waals surface area contributed by atoms with Crippen LogP contribution in [0.5, 0.6) is 5.75 Å². The van der Waals surface area contributed by atoms with Gasteiger partial charge < -0.3 is 4.74 Å². The van der Waals surface area contributed by atoms with Crippen molar-refractivity contribution in [3.8, 4) is 16.9 Å². The number of nitrogens with zero attached hydrogens (tertiary/aromatic N) is 2. The summed E-state index contributed by atoms with van der Waals surface area (Å²) >= 11 is 0. The van der Waals surface area contributed by atoms with Crippen LogP contribution in [-0.4, -0.2) is 50.6 Å². The molecule has 1 N–H and O–H groups in total. The molecule has 0 spiro atoms. The highest BCUT2D eigenvalue weighted by atomic mass is 32.2. The van der Waals surface area contributed by atoms with Gasteiger partial charge in [-0.3, -0.25) is 9.88 Å². The monoisotopic (exact) mass is 437 g/mol. The Balaban J connectivity index is 1.26. The molecule has 0 amide bonds. The Morgan fingerprint density at radius 1 is 0.968 bits per heavy atom. The quantitative estimate of drug-likeness (QED) is 0.583. The summed E-state index contributed by atoms with van der Waals surface area (Å²) in [5.41, 5.74) is 2.23. The van der Waals surface area contributed by atoms with Crippen LogP contribution in [0.1, 0.15) is 12.8 Å². The van der Waals surface area contributed by atoms with E-state index in [1.54, 1.807) is 18.3 Å². The van der Waals surface area contributed by atoms with Crippen molar-refractivity contribution in [1.29, 1.82) is 0 Å². The molecule has 0 saturated carbocycles. The molecule has 1 aliphatic rings. The number of piperidine rings is 1. The zero-order chi connectivity index (χ0) is 21.5. The molecule has 6 nitrogen and oxygen atoms in total. The molecule has 7 heteroatoms. The summed E-state index contributed by atoms with van der Waals surface area (Å²) in [5.74, 6) is 0.882. The number of para-hydroxylation sites is 1. The maximum Gasteiger partial charge on any atom is 0.242 e. The Morgan fingerprint density at radius 3 is 2.45 bits per heavy atom. The number of hydrogen-bond acceptors (Lipinski definition) is 5. The molecule has 4 rings (SSSR count). The molecular formula is C24H27N3O3S. The van der Waals surface area contributed by atoms with Crippen LogP contribution in [0.15, 0.2) is 84.0 Å². The van der Waals surface area contributed by atoms with Crippen molar-refractivity contribution in [1.82, 2.24) is 14.6 Å². The highest BCUT2D eigenvalue weighted by Crippen LogP contribution is 2.29. The molecule has 2 aromatic carbocycles. The lowest BCUT2D eigenvalue weighted by Gasteiger charge is -2.32. The Morgan fingerprint density at radius 2 is 1.71 bits per heavy atom. The van der Waals surface area contributed by atoms with Crippen LogP contribution in [0, 0.1) is 0 Å². The Hall–Kier alpha value is -2.74. The number of likely N-dealkylation sites (tertiary alicyclic amines) is 1. The predicted octanol–water partition coefficient (Wildman–Crippen LogP) is 3.57. The summed E-state index contributed by atoms with van der Waals surface area (Å²) in [6, 6.07) is 21.5. The minimum Gasteiger partial charge on any atom is -0.492 e. The number of hydrogen-bond donors (Lipinski definition) is 1. The van der Waals surface area contributed by atoms with Gasteiger partial charge in [-0.2, -0.15) is 0 Å². The highest BCUT2D eigenvalue weighted by molar-refractivity contribution is 7.89. The van der Waals surface area contributed by atoms with Gasteiger partial charge >= 0.3 is 0 Å². The first kappa shape index (κ1) is 21.5. The lowest BCUT2D eigenvalue weighted by Crippen LogP contribution is -2.45. The molecule has 162 valence electrons. The molecule has 2 heterocycles. The highest BCUT2D eigenvalue weighted by Gasteiger charge is 2.24. The summed E-state index contributed by atoms with van der Waals surface area (Å²) in [6.45, 7) is 3.08. The summed E-state index contributed by atoms with van der Waals surface area (Å²) in [7, 11) is -3.52. The summed E-state index contributed by atoms with van der Waals surface area (Å²) < 4.78 is 33.9. The Labute approximate surface area is 183 Å². The third-order valence-electron chi connectivity index (χ3n) is 5.49. The smallest absolute Gasteiger partial charge is 0.242 e. The van der Waals surface area contributed by atoms with Crippen LogP contribution in [0.25, 0.3) is 11.1 Å². The molecule has 1 aliphatic heterocycles. The van der Waals surface area contributed by atoms with Crippen molar-refractivity contribution >= 4 is 10.0 Å². The SMILES string of the molecule is O=S(=O)(NC1CCN(CCOc2ccccc2-c2ccccc2)CC1)c1cccnc1. The second-order valence-corrected chi connectivity index (χ2v) is 9.35. The van der Waals surface area contributed by atoms with E-state index in [9.17, 15) is 8.42 Å². The summed E-state index contributed by atoms with van der Waals surface area (Å²) in [5, 5.41) is 0. The van der Waals surface area contributed by atoms with E-state index in [2.05, 4.69) is 32.8 Å². The van der Waals surface area contributed by atoms with E-state index in [-0.39, 0.29) is 10.9 Å². The second-order valence-electron chi connectivity index (χ2n) is 7.64. The van der Waals surface area contributed by atoms with Gasteiger partial charge in [0, 0.05) is 30.5 Å². The zero-order valence-corrected chi connectivity index (χ0v) is 18.2. The van der Waals surface area contributed by atoms with Crippen LogP contribution in [-0.2, 0) is 10.0 Å². The van der Waals surface area contributed by atoms with E-state index in [0.29, 0.717) is 6.61 Å². The minimum atomic E-state index is -3.52. The zero-order valence-electron chi connectivity index (χ0n) is 17.4. The van der Waals surface area contributed by atoms with Gasteiger partial charge in [0.05, 0.1) is 0 Å². The van der Waals surface area contributed by atoms with Crippen LogP contribution < -0.4 is 9.46 Å². The molecule has 0 unspecified atom stereocenters. The fraction of sp³-hybridized carbons (Fsp3) is 0.292. The summed E-state index contributed by atoms with van der Waals surface area (Å²) in [4.78, 5) is 6.43. The number of benzene rings is 2. The molecular weight excluding hydrogens is 410 g/mol. The molecule has 0 radical (unpaired) electrons. The molecule has 0 atom stereocenters. The average molecular weight is 438 g/mol. The van der Waals surface area contributed by atoms with Crippen molar-refractivity contribution in [3.05, 3.63) is 79.1 Å². The maximum atomic E-state index is 12.5. The molecule has 1 aromatic heterocycles. The predicted molar refractivity (Wildman–Crippen MR) is 121 cm³/mol. The lowest BCUT2D eigenvalue weighted by atomic mass is 10.1. The van der Waals surface area contributed by atoms with Gasteiger partial charge in [0.25, 0.3) is 0 Å². The van der Waals surface area contributed by atoms with Crippen LogP contribution in [0.3, 0.4) is 0 Å². The first-order valence-electron chi connectivity index (χ1n) is 10.5. The van der Waals surface area contributed by atoms with E-state index >= 15 is 0 Å². The number of ether oxygens (including phenoxy) is 1. The van der Waals surface area contributed by atoms with Crippen molar-refractivity contribution < 1.29 is 13.2 Å². The largest absolute Gasteiger partial charge is 0.492 e. The van der Waals surface area contributed by atoms with E-state index in [1.807, 2.05) is 36.4 Å². The fourth-order valence-corrected chi connectivity index (χ4v) is 5.07. The molecule has 0 bridgehead atoms. The average Bonchev–Trinajstić information content (AvgIpc) is 2.81. The van der Waals surface area contributed by atoms with Crippen molar-refractivity contribution in [3.63, 3.8) is 0 Å². The van der Waals surface area contributed by atoms with E-state index in [0.717, 1.165) is 49.4 Å². The lowest BCUT2D eigenvalue weighted by molar-refractivity contribution is 0.171. The minimum absolute atomic E-state index is 0.0545. The van der Waals surface area contributed by atoms with Crippen LogP contribution in [0.4, 0.5) is 0 Å². The molecule has 1 saturated heterocycles. The second kappa shape index (κ2) is 10.0. The molecule has 0 aliphatic carbocycles. The van der Waals surface area contributed by atoms with Crippen molar-refractivity contribution in [2.45, 2.75) is 23.8 Å². The summed E-state index contributed by atoms with van der Waals surface area (Å²) in [6.07, 6.45) is 4.50. The number of pyridine rings is 1. The number of sulfonamides is 1. The number of nitrogens with one attached hydrogen (secondary N) is 1. The van der Waals surface area contributed by atoms with Gasteiger partial charge in [0.15, 0.2) is 0 Å². The topological polar surface area (TPSA) is 71.5 Å². The maximum absolute atomic E-state index is 12.5.